The van der Waals surface area contributed by atoms with Crippen molar-refractivity contribution in [2.75, 3.05) is 11.9 Å². The van der Waals surface area contributed by atoms with E-state index >= 15 is 0 Å². The van der Waals surface area contributed by atoms with Crippen molar-refractivity contribution in [2.24, 2.45) is 0 Å². The van der Waals surface area contributed by atoms with Crippen LogP contribution < -0.4 is 5.32 Å². The minimum atomic E-state index is 0.774. The number of nitrogens with zero attached hydrogens (tertiary/aromatic N) is 5. The van der Waals surface area contributed by atoms with E-state index in [1.165, 1.54) is 0 Å². The van der Waals surface area contributed by atoms with E-state index in [1.54, 1.807) is 12.5 Å². The van der Waals surface area contributed by atoms with Crippen LogP contribution in [0.2, 0.25) is 0 Å². The van der Waals surface area contributed by atoms with E-state index in [9.17, 15) is 0 Å². The third-order valence-electron chi connectivity index (χ3n) is 2.79. The van der Waals surface area contributed by atoms with Crippen LogP contribution in [0.15, 0.2) is 12.5 Å². The molecule has 0 fully saturated rings. The van der Waals surface area contributed by atoms with E-state index in [4.69, 9.17) is 0 Å². The van der Waals surface area contributed by atoms with Crippen LogP contribution >= 0.6 is 0 Å². The Hall–Kier alpha value is -1.98. The molecule has 0 spiro atoms. The fourth-order valence-corrected chi connectivity index (χ4v) is 1.80. The Morgan fingerprint density at radius 3 is 2.83 bits per heavy atom. The van der Waals surface area contributed by atoms with Crippen molar-refractivity contribution in [1.82, 2.24) is 25.0 Å². The van der Waals surface area contributed by atoms with Gasteiger partial charge in [0.1, 0.15) is 17.8 Å². The van der Waals surface area contributed by atoms with Crippen LogP contribution in [0.5, 0.6) is 0 Å². The van der Waals surface area contributed by atoms with Gasteiger partial charge in [0.25, 0.3) is 0 Å². The predicted molar refractivity (Wildman–Crippen MR) is 70.2 cm³/mol. The second-order valence-electron chi connectivity index (χ2n) is 4.06. The monoisotopic (exact) mass is 246 g/mol. The standard InChI is InChI=1S/C12H18N6/c1-4-6-13-12-9(3)11(14-8-15-12)10-7-16-17-18(10)5-2/h7-8H,4-6H2,1-3H3,(H,13,14,15). The molecule has 0 atom stereocenters. The van der Waals surface area contributed by atoms with Crippen molar-refractivity contribution in [1.29, 1.82) is 0 Å². The first-order valence-corrected chi connectivity index (χ1v) is 6.22. The molecular weight excluding hydrogens is 228 g/mol. The second-order valence-corrected chi connectivity index (χ2v) is 4.06. The average Bonchev–Trinajstić information content (AvgIpc) is 2.85. The van der Waals surface area contributed by atoms with Gasteiger partial charge in [-0.05, 0) is 20.3 Å². The summed E-state index contributed by atoms with van der Waals surface area (Å²) in [6, 6.07) is 0. The maximum absolute atomic E-state index is 4.35. The minimum Gasteiger partial charge on any atom is -0.370 e. The summed E-state index contributed by atoms with van der Waals surface area (Å²) in [5.41, 5.74) is 2.84. The summed E-state index contributed by atoms with van der Waals surface area (Å²) >= 11 is 0. The van der Waals surface area contributed by atoms with Crippen LogP contribution in [0.3, 0.4) is 0 Å². The van der Waals surface area contributed by atoms with Crippen molar-refractivity contribution < 1.29 is 0 Å². The van der Waals surface area contributed by atoms with Gasteiger partial charge in [-0.25, -0.2) is 14.6 Å². The van der Waals surface area contributed by atoms with Gasteiger partial charge in [-0.15, -0.1) is 5.10 Å². The van der Waals surface area contributed by atoms with Crippen LogP contribution in [-0.4, -0.2) is 31.5 Å². The molecule has 0 bridgehead atoms. The van der Waals surface area contributed by atoms with Crippen molar-refractivity contribution in [3.05, 3.63) is 18.1 Å². The van der Waals surface area contributed by atoms with Gasteiger partial charge in [0.05, 0.1) is 11.9 Å². The summed E-state index contributed by atoms with van der Waals surface area (Å²) in [5, 5.41) is 11.3. The van der Waals surface area contributed by atoms with Crippen molar-refractivity contribution in [2.45, 2.75) is 33.7 Å². The molecule has 0 unspecified atom stereocenters. The van der Waals surface area contributed by atoms with Gasteiger partial charge in [0.15, 0.2) is 0 Å². The Balaban J connectivity index is 2.39. The van der Waals surface area contributed by atoms with Gasteiger partial charge in [-0.2, -0.15) is 0 Å². The zero-order valence-corrected chi connectivity index (χ0v) is 11.0. The van der Waals surface area contributed by atoms with Crippen molar-refractivity contribution in [3.63, 3.8) is 0 Å². The summed E-state index contributed by atoms with van der Waals surface area (Å²) in [5.74, 6) is 0.880. The first-order chi connectivity index (χ1) is 8.77. The Kier molecular flexibility index (Phi) is 3.86. The molecule has 0 aliphatic carbocycles. The highest BCUT2D eigenvalue weighted by Gasteiger charge is 2.13. The lowest BCUT2D eigenvalue weighted by Crippen LogP contribution is -2.07. The largest absolute Gasteiger partial charge is 0.370 e. The highest BCUT2D eigenvalue weighted by molar-refractivity contribution is 5.64. The van der Waals surface area contributed by atoms with Crippen LogP contribution in [0.1, 0.15) is 25.8 Å². The third kappa shape index (κ3) is 2.32. The Labute approximate surface area is 106 Å². The van der Waals surface area contributed by atoms with E-state index in [-0.39, 0.29) is 0 Å². The summed E-state index contributed by atoms with van der Waals surface area (Å²) < 4.78 is 1.83. The number of nitrogens with one attached hydrogen (secondary N) is 1. The highest BCUT2D eigenvalue weighted by Crippen LogP contribution is 2.23. The molecule has 0 amide bonds. The first kappa shape index (κ1) is 12.5. The lowest BCUT2D eigenvalue weighted by molar-refractivity contribution is 0.631. The van der Waals surface area contributed by atoms with Gasteiger partial charge >= 0.3 is 0 Å². The molecule has 96 valence electrons. The quantitative estimate of drug-likeness (QED) is 0.872. The van der Waals surface area contributed by atoms with Crippen molar-refractivity contribution in [3.8, 4) is 11.4 Å². The normalized spacial score (nSPS) is 10.6. The zero-order chi connectivity index (χ0) is 13.0. The molecule has 0 aromatic carbocycles. The number of anilines is 1. The lowest BCUT2D eigenvalue weighted by Gasteiger charge is -2.10. The van der Waals surface area contributed by atoms with Gasteiger partial charge in [0.2, 0.25) is 0 Å². The fourth-order valence-electron chi connectivity index (χ4n) is 1.80. The summed E-state index contributed by atoms with van der Waals surface area (Å²) in [6.45, 7) is 7.85. The molecule has 2 aromatic rings. The maximum atomic E-state index is 4.35. The molecule has 18 heavy (non-hydrogen) atoms. The van der Waals surface area contributed by atoms with Gasteiger partial charge in [-0.1, -0.05) is 12.1 Å². The van der Waals surface area contributed by atoms with E-state index in [0.29, 0.717) is 0 Å². The van der Waals surface area contributed by atoms with E-state index in [1.807, 2.05) is 18.5 Å². The molecule has 6 heteroatoms. The summed E-state index contributed by atoms with van der Waals surface area (Å²) in [4.78, 5) is 8.62. The topological polar surface area (TPSA) is 68.5 Å². The SMILES string of the molecule is CCCNc1ncnc(-c2cnnn2CC)c1C. The zero-order valence-electron chi connectivity index (χ0n) is 11.0. The number of aromatic nitrogens is 5. The van der Waals surface area contributed by atoms with Crippen LogP contribution in [0, 0.1) is 6.92 Å². The Bertz CT molecular complexity index is 519. The van der Waals surface area contributed by atoms with Crippen LogP contribution in [-0.2, 0) is 6.54 Å². The number of aryl methyl sites for hydroxylation is 1. The molecule has 0 aliphatic heterocycles. The average molecular weight is 246 g/mol. The maximum Gasteiger partial charge on any atom is 0.132 e. The van der Waals surface area contributed by atoms with Crippen LogP contribution in [0.4, 0.5) is 5.82 Å². The van der Waals surface area contributed by atoms with Crippen molar-refractivity contribution >= 4 is 5.82 Å². The summed E-state index contributed by atoms with van der Waals surface area (Å²) in [6.07, 6.45) is 4.38. The molecule has 2 heterocycles. The second kappa shape index (κ2) is 5.57. The van der Waals surface area contributed by atoms with E-state index < -0.39 is 0 Å². The molecule has 2 aromatic heterocycles. The smallest absolute Gasteiger partial charge is 0.132 e. The van der Waals surface area contributed by atoms with E-state index in [2.05, 4.69) is 32.5 Å². The van der Waals surface area contributed by atoms with Gasteiger partial charge in [-0.3, -0.25) is 0 Å². The minimum absolute atomic E-state index is 0.774. The number of hydrogen-bond donors (Lipinski definition) is 1. The fraction of sp³-hybridized carbons (Fsp3) is 0.500. The molecular formula is C12H18N6. The summed E-state index contributed by atoms with van der Waals surface area (Å²) in [7, 11) is 0. The molecule has 0 saturated carbocycles. The molecule has 2 rings (SSSR count). The first-order valence-electron chi connectivity index (χ1n) is 6.22. The molecule has 0 saturated heterocycles. The molecule has 0 aliphatic rings. The van der Waals surface area contributed by atoms with Gasteiger partial charge in [0, 0.05) is 18.7 Å². The van der Waals surface area contributed by atoms with Crippen LogP contribution in [0.25, 0.3) is 11.4 Å². The predicted octanol–water partition coefficient (Wildman–Crippen LogP) is 1.89. The number of hydrogen-bond acceptors (Lipinski definition) is 5. The number of rotatable bonds is 5. The molecule has 0 radical (unpaired) electrons. The highest BCUT2D eigenvalue weighted by atomic mass is 15.4. The van der Waals surface area contributed by atoms with Gasteiger partial charge < -0.3 is 5.32 Å². The molecule has 6 nitrogen and oxygen atoms in total. The van der Waals surface area contributed by atoms with E-state index in [0.717, 1.165) is 42.3 Å². The molecule has 1 N–H and O–H groups in total. The Morgan fingerprint density at radius 1 is 1.28 bits per heavy atom. The third-order valence-corrected chi connectivity index (χ3v) is 2.79. The Morgan fingerprint density at radius 2 is 2.11 bits per heavy atom. The lowest BCUT2D eigenvalue weighted by atomic mass is 10.2.